The fourth-order valence-corrected chi connectivity index (χ4v) is 4.85. The number of amides is 1. The second-order valence-corrected chi connectivity index (χ2v) is 9.28. The second kappa shape index (κ2) is 9.67. The Hall–Kier alpha value is -3.82. The molecule has 2 aliphatic heterocycles. The lowest BCUT2D eigenvalue weighted by Crippen LogP contribution is -2.44. The molecule has 4 aromatic rings. The van der Waals surface area contributed by atoms with Gasteiger partial charge in [0.1, 0.15) is 11.5 Å². The van der Waals surface area contributed by atoms with Crippen molar-refractivity contribution in [3.63, 3.8) is 0 Å². The van der Waals surface area contributed by atoms with Crippen LogP contribution in [-0.4, -0.2) is 94.8 Å². The van der Waals surface area contributed by atoms with E-state index in [1.807, 2.05) is 57.9 Å². The zero-order chi connectivity index (χ0) is 24.5. The summed E-state index contributed by atoms with van der Waals surface area (Å²) in [6.45, 7) is 6.26. The summed E-state index contributed by atoms with van der Waals surface area (Å²) >= 11 is 0. The van der Waals surface area contributed by atoms with Crippen LogP contribution in [0.5, 0.6) is 0 Å². The summed E-state index contributed by atoms with van der Waals surface area (Å²) in [5.41, 5.74) is 4.95. The van der Waals surface area contributed by atoms with E-state index in [-0.39, 0.29) is 5.91 Å². The number of morpholine rings is 1. The summed E-state index contributed by atoms with van der Waals surface area (Å²) in [4.78, 5) is 28.8. The average molecular weight is 484 g/mol. The van der Waals surface area contributed by atoms with Crippen molar-refractivity contribution in [3.05, 3.63) is 66.5 Å². The van der Waals surface area contributed by atoms with Gasteiger partial charge in [0, 0.05) is 68.4 Å². The number of piperazine rings is 1. The van der Waals surface area contributed by atoms with Gasteiger partial charge in [0.25, 0.3) is 5.91 Å². The number of benzene rings is 1. The zero-order valence-corrected chi connectivity index (χ0v) is 20.4. The van der Waals surface area contributed by atoms with E-state index in [0.29, 0.717) is 31.9 Å². The number of likely N-dealkylation sites (N-methyl/N-ethyl adjacent to an activating group) is 1. The van der Waals surface area contributed by atoms with Crippen LogP contribution in [0.3, 0.4) is 0 Å². The van der Waals surface area contributed by atoms with Gasteiger partial charge in [-0.2, -0.15) is 0 Å². The van der Waals surface area contributed by atoms with Crippen molar-refractivity contribution in [2.75, 3.05) is 64.4 Å². The molecule has 0 unspecified atom stereocenters. The van der Waals surface area contributed by atoms with E-state index in [1.165, 1.54) is 0 Å². The number of pyridine rings is 1. The van der Waals surface area contributed by atoms with E-state index in [1.54, 1.807) is 12.4 Å². The highest BCUT2D eigenvalue weighted by atomic mass is 16.5. The molecule has 0 saturated carbocycles. The number of rotatable bonds is 4. The van der Waals surface area contributed by atoms with Crippen LogP contribution in [0.1, 0.15) is 10.4 Å². The lowest BCUT2D eigenvalue weighted by molar-refractivity contribution is 0.0303. The summed E-state index contributed by atoms with van der Waals surface area (Å²) in [7, 11) is 2.15. The minimum atomic E-state index is 0.0184. The molecule has 0 aliphatic carbocycles. The number of carbonyl (C=O) groups excluding carboxylic acids is 1. The second-order valence-electron chi connectivity index (χ2n) is 9.28. The molecule has 0 radical (unpaired) electrons. The molecule has 0 bridgehead atoms. The number of aromatic nitrogens is 4. The molecule has 184 valence electrons. The molecule has 2 saturated heterocycles. The third kappa shape index (κ3) is 4.31. The number of imidazole rings is 1. The maximum Gasteiger partial charge on any atom is 0.254 e. The van der Waals surface area contributed by atoms with Gasteiger partial charge in [0.15, 0.2) is 5.65 Å². The molecule has 0 spiro atoms. The number of fused-ring (bicyclic) bond motifs is 1. The fourth-order valence-electron chi connectivity index (χ4n) is 4.85. The minimum Gasteiger partial charge on any atom is -0.378 e. The van der Waals surface area contributed by atoms with Crippen LogP contribution >= 0.6 is 0 Å². The third-order valence-electron chi connectivity index (χ3n) is 6.93. The SMILES string of the molecule is CN1CCN(c2ccc3nc(-c4cccc(C(=O)N5CCOCC5)c4)c(-c4ccncc4)n3n2)CC1. The molecule has 9 heteroatoms. The molecule has 6 rings (SSSR count). The number of hydrogen-bond acceptors (Lipinski definition) is 7. The molecule has 3 aromatic heterocycles. The Morgan fingerprint density at radius 3 is 2.44 bits per heavy atom. The van der Waals surface area contributed by atoms with Gasteiger partial charge in [-0.1, -0.05) is 12.1 Å². The number of carbonyl (C=O) groups is 1. The first-order valence-corrected chi connectivity index (χ1v) is 12.4. The van der Waals surface area contributed by atoms with Crippen molar-refractivity contribution in [2.45, 2.75) is 0 Å². The van der Waals surface area contributed by atoms with Crippen LogP contribution in [0.2, 0.25) is 0 Å². The predicted octanol–water partition coefficient (Wildman–Crippen LogP) is 2.68. The Morgan fingerprint density at radius 2 is 1.67 bits per heavy atom. The lowest BCUT2D eigenvalue weighted by Gasteiger charge is -2.33. The van der Waals surface area contributed by atoms with Crippen LogP contribution < -0.4 is 4.90 Å². The van der Waals surface area contributed by atoms with Gasteiger partial charge in [-0.15, -0.1) is 5.10 Å². The maximum absolute atomic E-state index is 13.2. The van der Waals surface area contributed by atoms with Crippen molar-refractivity contribution in [3.8, 4) is 22.5 Å². The number of anilines is 1. The van der Waals surface area contributed by atoms with Crippen LogP contribution in [0, 0.1) is 0 Å². The van der Waals surface area contributed by atoms with Gasteiger partial charge >= 0.3 is 0 Å². The summed E-state index contributed by atoms with van der Waals surface area (Å²) < 4.78 is 7.34. The van der Waals surface area contributed by atoms with Crippen molar-refractivity contribution in [1.82, 2.24) is 29.4 Å². The van der Waals surface area contributed by atoms with Crippen LogP contribution in [-0.2, 0) is 4.74 Å². The maximum atomic E-state index is 13.2. The van der Waals surface area contributed by atoms with E-state index < -0.39 is 0 Å². The quantitative estimate of drug-likeness (QED) is 0.442. The Morgan fingerprint density at radius 1 is 0.889 bits per heavy atom. The van der Waals surface area contributed by atoms with Crippen molar-refractivity contribution >= 4 is 17.4 Å². The number of ether oxygens (including phenoxy) is 1. The minimum absolute atomic E-state index is 0.0184. The number of nitrogens with zero attached hydrogens (tertiary/aromatic N) is 7. The monoisotopic (exact) mass is 483 g/mol. The van der Waals surface area contributed by atoms with E-state index in [4.69, 9.17) is 14.8 Å². The normalized spacial score (nSPS) is 17.0. The fraction of sp³-hybridized carbons (Fsp3) is 0.333. The number of hydrogen-bond donors (Lipinski definition) is 0. The third-order valence-corrected chi connectivity index (χ3v) is 6.93. The molecule has 1 amide bonds. The average Bonchev–Trinajstić information content (AvgIpc) is 3.33. The molecule has 2 aliphatic rings. The molecule has 9 nitrogen and oxygen atoms in total. The molecule has 1 aromatic carbocycles. The van der Waals surface area contributed by atoms with E-state index in [9.17, 15) is 4.79 Å². The molecule has 5 heterocycles. The summed E-state index contributed by atoms with van der Waals surface area (Å²) in [6.07, 6.45) is 3.56. The van der Waals surface area contributed by atoms with E-state index in [2.05, 4.69) is 21.8 Å². The smallest absolute Gasteiger partial charge is 0.254 e. The molecular formula is C27H29N7O2. The van der Waals surface area contributed by atoms with Crippen LogP contribution in [0.4, 0.5) is 5.82 Å². The highest BCUT2D eigenvalue weighted by molar-refractivity contribution is 5.96. The molecule has 36 heavy (non-hydrogen) atoms. The van der Waals surface area contributed by atoms with E-state index >= 15 is 0 Å². The Bertz CT molecular complexity index is 1370. The Labute approximate surface area is 209 Å². The summed E-state index contributed by atoms with van der Waals surface area (Å²) in [6, 6.07) is 15.7. The first-order valence-electron chi connectivity index (χ1n) is 12.4. The van der Waals surface area contributed by atoms with Gasteiger partial charge in [-0.25, -0.2) is 9.50 Å². The Kier molecular flexibility index (Phi) is 6.08. The van der Waals surface area contributed by atoms with Crippen molar-refractivity contribution < 1.29 is 9.53 Å². The lowest BCUT2D eigenvalue weighted by atomic mass is 10.0. The van der Waals surface area contributed by atoms with E-state index in [0.717, 1.165) is 60.2 Å². The standard InChI is InChI=1S/C27H29N7O2/c1-31-11-13-32(14-12-31)24-6-5-23-29-25(26(34(23)30-24)20-7-9-28-10-8-20)21-3-2-4-22(19-21)27(35)33-15-17-36-18-16-33/h2-10,19H,11-18H2,1H3. The summed E-state index contributed by atoms with van der Waals surface area (Å²) in [5.74, 6) is 0.955. The largest absolute Gasteiger partial charge is 0.378 e. The topological polar surface area (TPSA) is 79.1 Å². The van der Waals surface area contributed by atoms with Gasteiger partial charge < -0.3 is 19.4 Å². The van der Waals surface area contributed by atoms with Gasteiger partial charge in [-0.3, -0.25) is 9.78 Å². The summed E-state index contributed by atoms with van der Waals surface area (Å²) in [5, 5.41) is 5.03. The molecule has 0 atom stereocenters. The highest BCUT2D eigenvalue weighted by Gasteiger charge is 2.23. The van der Waals surface area contributed by atoms with Gasteiger partial charge in [0.05, 0.1) is 18.9 Å². The highest BCUT2D eigenvalue weighted by Crippen LogP contribution is 2.33. The van der Waals surface area contributed by atoms with Crippen molar-refractivity contribution in [2.24, 2.45) is 0 Å². The molecule has 2 fully saturated rings. The van der Waals surface area contributed by atoms with Gasteiger partial charge in [-0.05, 0) is 43.4 Å². The molecule has 0 N–H and O–H groups in total. The van der Waals surface area contributed by atoms with Crippen LogP contribution in [0.25, 0.3) is 28.2 Å². The first kappa shape index (κ1) is 22.6. The Balaban J connectivity index is 1.44. The van der Waals surface area contributed by atoms with Gasteiger partial charge in [0.2, 0.25) is 0 Å². The molecular weight excluding hydrogens is 454 g/mol. The van der Waals surface area contributed by atoms with Crippen LogP contribution in [0.15, 0.2) is 60.9 Å². The van der Waals surface area contributed by atoms with Crippen molar-refractivity contribution in [1.29, 1.82) is 0 Å². The first-order chi connectivity index (χ1) is 17.7. The zero-order valence-electron chi connectivity index (χ0n) is 20.4. The predicted molar refractivity (Wildman–Crippen MR) is 138 cm³/mol.